The fourth-order valence-electron chi connectivity index (χ4n) is 1.29. The van der Waals surface area contributed by atoms with Crippen molar-refractivity contribution in [3.05, 3.63) is 36.0 Å². The normalized spacial score (nSPS) is 8.85. The second-order valence-corrected chi connectivity index (χ2v) is 2.61. The number of nitrogens with zero attached hydrogens (tertiary/aromatic N) is 1. The molecule has 0 bridgehead atoms. The van der Waals surface area contributed by atoms with Gasteiger partial charge in [0, 0.05) is 28.6 Å². The summed E-state index contributed by atoms with van der Waals surface area (Å²) in [6.45, 7) is 0. The Morgan fingerprint density at radius 3 is 3.00 bits per heavy atom. The van der Waals surface area contributed by atoms with E-state index in [1.807, 2.05) is 30.5 Å². The van der Waals surface area contributed by atoms with E-state index < -0.39 is 0 Å². The molecule has 0 aliphatic heterocycles. The Hall–Kier alpha value is -2.19. The fourth-order valence-corrected chi connectivity index (χ4v) is 1.29. The Morgan fingerprint density at radius 2 is 2.15 bits per heavy atom. The minimum Gasteiger partial charge on any atom is -0.361 e. The number of nitrogens with one attached hydrogen (secondary N) is 1. The van der Waals surface area contributed by atoms with Crippen LogP contribution in [0.15, 0.2) is 30.5 Å². The summed E-state index contributed by atoms with van der Waals surface area (Å²) in [5.74, 6) is 5.18. The molecule has 0 atom stereocenters. The smallest absolute Gasteiger partial charge is 0.152 e. The number of hydrogen-bond donors (Lipinski definition) is 1. The first-order valence-electron chi connectivity index (χ1n) is 3.88. The lowest BCUT2D eigenvalue weighted by Gasteiger charge is -1.91. The molecule has 0 fully saturated rings. The number of aromatic amines is 1. The van der Waals surface area contributed by atoms with E-state index in [-0.39, 0.29) is 0 Å². The summed E-state index contributed by atoms with van der Waals surface area (Å²) in [6.07, 6.45) is 1.86. The summed E-state index contributed by atoms with van der Waals surface area (Å²) in [5, 5.41) is 9.38. The van der Waals surface area contributed by atoms with Crippen molar-refractivity contribution in [2.24, 2.45) is 0 Å². The van der Waals surface area contributed by atoms with E-state index in [4.69, 9.17) is 5.26 Å². The first kappa shape index (κ1) is 7.46. The first-order valence-corrected chi connectivity index (χ1v) is 3.88. The monoisotopic (exact) mass is 166 g/mol. The van der Waals surface area contributed by atoms with E-state index in [2.05, 4.69) is 16.8 Å². The van der Waals surface area contributed by atoms with Crippen LogP contribution in [-0.4, -0.2) is 4.98 Å². The topological polar surface area (TPSA) is 39.6 Å². The van der Waals surface area contributed by atoms with Crippen LogP contribution in [0.4, 0.5) is 0 Å². The average molecular weight is 166 g/mol. The molecule has 0 amide bonds. The molecule has 0 aliphatic rings. The minimum atomic E-state index is 0.889. The zero-order valence-electron chi connectivity index (χ0n) is 6.83. The van der Waals surface area contributed by atoms with Gasteiger partial charge in [-0.15, -0.1) is 0 Å². The van der Waals surface area contributed by atoms with Crippen LogP contribution in [0.25, 0.3) is 10.9 Å². The average Bonchev–Trinajstić information content (AvgIpc) is 2.62. The first-order chi connectivity index (χ1) is 6.42. The van der Waals surface area contributed by atoms with Crippen LogP contribution in [0.5, 0.6) is 0 Å². The van der Waals surface area contributed by atoms with Crippen LogP contribution < -0.4 is 0 Å². The second-order valence-electron chi connectivity index (χ2n) is 2.61. The van der Waals surface area contributed by atoms with E-state index >= 15 is 0 Å². The maximum atomic E-state index is 8.32. The molecule has 0 saturated heterocycles. The van der Waals surface area contributed by atoms with Gasteiger partial charge in [0.1, 0.15) is 0 Å². The molecule has 2 nitrogen and oxygen atoms in total. The molecule has 1 N–H and O–H groups in total. The van der Waals surface area contributed by atoms with Gasteiger partial charge in [0.2, 0.25) is 0 Å². The maximum Gasteiger partial charge on any atom is 0.152 e. The minimum absolute atomic E-state index is 0.889. The third-order valence-corrected chi connectivity index (χ3v) is 1.85. The Bertz CT molecular complexity index is 532. The molecule has 2 rings (SSSR count). The van der Waals surface area contributed by atoms with Crippen LogP contribution in [-0.2, 0) is 0 Å². The Labute approximate surface area is 75.8 Å². The zero-order chi connectivity index (χ0) is 9.10. The van der Waals surface area contributed by atoms with E-state index in [9.17, 15) is 0 Å². The van der Waals surface area contributed by atoms with Gasteiger partial charge in [-0.1, -0.05) is 12.0 Å². The second kappa shape index (κ2) is 3.05. The van der Waals surface area contributed by atoms with Crippen LogP contribution in [0.1, 0.15) is 5.56 Å². The van der Waals surface area contributed by atoms with Gasteiger partial charge in [-0.3, -0.25) is 0 Å². The molecule has 1 aromatic carbocycles. The third kappa shape index (κ3) is 1.26. The van der Waals surface area contributed by atoms with Crippen molar-refractivity contribution >= 4 is 10.9 Å². The molecule has 13 heavy (non-hydrogen) atoms. The predicted molar refractivity (Wildman–Crippen MR) is 50.8 cm³/mol. The van der Waals surface area contributed by atoms with Gasteiger partial charge in [-0.25, -0.2) is 0 Å². The Kier molecular flexibility index (Phi) is 1.75. The number of rotatable bonds is 0. The lowest BCUT2D eigenvalue weighted by Crippen LogP contribution is -1.74. The molecule has 0 radical (unpaired) electrons. The molecule has 1 aromatic heterocycles. The van der Waals surface area contributed by atoms with Crippen LogP contribution in [0, 0.1) is 23.2 Å². The molecule has 0 spiro atoms. The Morgan fingerprint density at radius 1 is 1.23 bits per heavy atom. The quantitative estimate of drug-likeness (QED) is 0.597. The highest BCUT2D eigenvalue weighted by atomic mass is 14.7. The molecule has 2 aromatic rings. The number of fused-ring (bicyclic) bond motifs is 1. The highest BCUT2D eigenvalue weighted by molar-refractivity contribution is 5.85. The summed E-state index contributed by atoms with van der Waals surface area (Å²) >= 11 is 0. The van der Waals surface area contributed by atoms with Crippen molar-refractivity contribution in [1.29, 1.82) is 5.26 Å². The highest BCUT2D eigenvalue weighted by Gasteiger charge is 1.96. The van der Waals surface area contributed by atoms with Gasteiger partial charge in [-0.2, -0.15) is 5.26 Å². The number of nitriles is 1. The van der Waals surface area contributed by atoms with E-state index in [1.165, 1.54) is 0 Å². The van der Waals surface area contributed by atoms with Crippen LogP contribution in [0.2, 0.25) is 0 Å². The van der Waals surface area contributed by atoms with Crippen molar-refractivity contribution in [2.75, 3.05) is 0 Å². The SMILES string of the molecule is N#CC#Cc1cccc2[nH]ccc12. The van der Waals surface area contributed by atoms with Crippen molar-refractivity contribution < 1.29 is 0 Å². The van der Waals surface area contributed by atoms with Gasteiger partial charge in [-0.05, 0) is 18.2 Å². The summed E-state index contributed by atoms with van der Waals surface area (Å²) in [5.41, 5.74) is 1.94. The van der Waals surface area contributed by atoms with Gasteiger partial charge in [0.05, 0.1) is 0 Å². The number of aromatic nitrogens is 1. The van der Waals surface area contributed by atoms with Gasteiger partial charge in [0.25, 0.3) is 0 Å². The predicted octanol–water partition coefficient (Wildman–Crippen LogP) is 2.04. The molecule has 0 saturated carbocycles. The van der Waals surface area contributed by atoms with Crippen molar-refractivity contribution in [3.63, 3.8) is 0 Å². The lowest BCUT2D eigenvalue weighted by atomic mass is 10.1. The van der Waals surface area contributed by atoms with E-state index in [1.54, 1.807) is 6.07 Å². The third-order valence-electron chi connectivity index (χ3n) is 1.85. The van der Waals surface area contributed by atoms with E-state index in [0.717, 1.165) is 16.5 Å². The zero-order valence-corrected chi connectivity index (χ0v) is 6.83. The summed E-state index contributed by atoms with van der Waals surface area (Å²) < 4.78 is 0. The van der Waals surface area contributed by atoms with Crippen molar-refractivity contribution in [2.45, 2.75) is 0 Å². The maximum absolute atomic E-state index is 8.32. The van der Waals surface area contributed by atoms with Crippen LogP contribution >= 0.6 is 0 Å². The van der Waals surface area contributed by atoms with Gasteiger partial charge < -0.3 is 4.98 Å². The summed E-state index contributed by atoms with van der Waals surface area (Å²) in [7, 11) is 0. The van der Waals surface area contributed by atoms with Gasteiger partial charge in [0.15, 0.2) is 6.07 Å². The van der Waals surface area contributed by atoms with Crippen LogP contribution in [0.3, 0.4) is 0 Å². The molecular formula is C11H6N2. The molecular weight excluding hydrogens is 160 g/mol. The largest absolute Gasteiger partial charge is 0.361 e. The van der Waals surface area contributed by atoms with Crippen molar-refractivity contribution in [3.8, 4) is 17.9 Å². The molecule has 1 heterocycles. The molecule has 0 unspecified atom stereocenters. The number of hydrogen-bond acceptors (Lipinski definition) is 1. The number of benzene rings is 1. The van der Waals surface area contributed by atoms with E-state index in [0.29, 0.717) is 0 Å². The molecule has 2 heteroatoms. The summed E-state index contributed by atoms with van der Waals surface area (Å²) in [4.78, 5) is 3.09. The molecule has 60 valence electrons. The number of H-pyrrole nitrogens is 1. The molecule has 0 aliphatic carbocycles. The summed E-state index contributed by atoms with van der Waals surface area (Å²) in [6, 6.07) is 9.56. The Balaban J connectivity index is 2.69. The standard InChI is InChI=1S/C11H6N2/c12-7-2-4-9-3-1-5-11-10(9)6-8-13-11/h1,3,5-6,8,13H. The lowest BCUT2D eigenvalue weighted by molar-refractivity contribution is 1.48. The fraction of sp³-hybridized carbons (Fsp3) is 0. The van der Waals surface area contributed by atoms with Gasteiger partial charge >= 0.3 is 0 Å². The van der Waals surface area contributed by atoms with Crippen molar-refractivity contribution in [1.82, 2.24) is 4.98 Å². The highest BCUT2D eigenvalue weighted by Crippen LogP contribution is 2.15.